The highest BCUT2D eigenvalue weighted by Crippen LogP contribution is 2.22. The number of alkyl carbamates (subject to hydrolysis) is 1. The number of nitrogens with zero attached hydrogens (tertiary/aromatic N) is 2. The van der Waals surface area contributed by atoms with Crippen LogP contribution in [0, 0.1) is 0 Å². The number of nitrogens with one attached hydrogen (secondary N) is 2. The van der Waals surface area contributed by atoms with Gasteiger partial charge in [-0.15, -0.1) is 0 Å². The second-order valence-corrected chi connectivity index (χ2v) is 6.99. The lowest BCUT2D eigenvalue weighted by Crippen LogP contribution is -2.42. The number of carbonyl (C=O) groups excluding carboxylic acids is 2. The van der Waals surface area contributed by atoms with Crippen molar-refractivity contribution in [1.82, 2.24) is 15.3 Å². The minimum atomic E-state index is -0.595. The van der Waals surface area contributed by atoms with Gasteiger partial charge in [-0.25, -0.2) is 14.8 Å². The van der Waals surface area contributed by atoms with Gasteiger partial charge in [0.05, 0.1) is 12.4 Å². The summed E-state index contributed by atoms with van der Waals surface area (Å²) in [5.74, 6) is 0.0197. The summed E-state index contributed by atoms with van der Waals surface area (Å²) in [4.78, 5) is 30.8. The molecule has 1 saturated carbocycles. The Labute approximate surface area is 141 Å². The van der Waals surface area contributed by atoms with Crippen molar-refractivity contribution >= 4 is 17.8 Å². The van der Waals surface area contributed by atoms with Gasteiger partial charge < -0.3 is 21.1 Å². The van der Waals surface area contributed by atoms with Gasteiger partial charge in [0.1, 0.15) is 17.1 Å². The maximum absolute atomic E-state index is 11.8. The average molecular weight is 335 g/mol. The van der Waals surface area contributed by atoms with Gasteiger partial charge in [0.15, 0.2) is 0 Å². The highest BCUT2D eigenvalue weighted by molar-refractivity contribution is 5.90. The molecular weight excluding hydrogens is 310 g/mol. The zero-order chi connectivity index (χ0) is 17.7. The molecule has 0 radical (unpaired) electrons. The van der Waals surface area contributed by atoms with Gasteiger partial charge in [0, 0.05) is 12.1 Å². The number of amides is 2. The topological polar surface area (TPSA) is 119 Å². The first-order valence-corrected chi connectivity index (χ1v) is 8.11. The molecule has 2 amide bonds. The molecule has 8 nitrogen and oxygen atoms in total. The Balaban J connectivity index is 1.76. The Kier molecular flexibility index (Phi) is 5.58. The molecule has 4 N–H and O–H groups in total. The summed E-state index contributed by atoms with van der Waals surface area (Å²) in [6.45, 7) is 5.54. The molecule has 0 spiro atoms. The maximum atomic E-state index is 11.8. The van der Waals surface area contributed by atoms with Crippen LogP contribution in [0.2, 0.25) is 0 Å². The third-order valence-corrected chi connectivity index (χ3v) is 3.70. The zero-order valence-corrected chi connectivity index (χ0v) is 14.3. The van der Waals surface area contributed by atoms with Crippen LogP contribution in [0.3, 0.4) is 0 Å². The number of rotatable bonds is 4. The molecule has 2 rings (SSSR count). The van der Waals surface area contributed by atoms with Crippen molar-refractivity contribution in [1.29, 1.82) is 0 Å². The van der Waals surface area contributed by atoms with E-state index in [1.807, 2.05) is 20.8 Å². The largest absolute Gasteiger partial charge is 0.444 e. The highest BCUT2D eigenvalue weighted by atomic mass is 16.6. The minimum absolute atomic E-state index is 0.126. The normalized spacial score (nSPS) is 21.0. The van der Waals surface area contributed by atoms with E-state index in [2.05, 4.69) is 20.6 Å². The molecule has 1 aliphatic rings. The first-order chi connectivity index (χ1) is 11.2. The van der Waals surface area contributed by atoms with E-state index in [1.54, 1.807) is 0 Å². The van der Waals surface area contributed by atoms with E-state index in [4.69, 9.17) is 10.5 Å². The molecule has 0 atom stereocenters. The molecule has 132 valence electrons. The second kappa shape index (κ2) is 7.46. The third-order valence-electron chi connectivity index (χ3n) is 3.70. The molecule has 8 heteroatoms. The summed E-state index contributed by atoms with van der Waals surface area (Å²) in [7, 11) is 0. The zero-order valence-electron chi connectivity index (χ0n) is 14.3. The van der Waals surface area contributed by atoms with Crippen molar-refractivity contribution in [2.45, 2.75) is 64.1 Å². The summed E-state index contributed by atoms with van der Waals surface area (Å²) in [5, 5.41) is 6.20. The van der Waals surface area contributed by atoms with E-state index in [-0.39, 0.29) is 23.9 Å². The Morgan fingerprint density at radius 3 is 2.25 bits per heavy atom. The van der Waals surface area contributed by atoms with E-state index in [0.717, 1.165) is 25.7 Å². The van der Waals surface area contributed by atoms with Crippen molar-refractivity contribution < 1.29 is 14.3 Å². The maximum Gasteiger partial charge on any atom is 0.407 e. The predicted octanol–water partition coefficient (Wildman–Crippen LogP) is 1.82. The molecule has 1 aromatic rings. The summed E-state index contributed by atoms with van der Waals surface area (Å²) in [5.41, 5.74) is 4.79. The SMILES string of the molecule is CC(C)(C)OC(=O)NC1CCC(Nc2cnc(C(N)=O)cn2)CC1. The van der Waals surface area contributed by atoms with E-state index in [1.165, 1.54) is 12.4 Å². The predicted molar refractivity (Wildman–Crippen MR) is 89.6 cm³/mol. The van der Waals surface area contributed by atoms with Crippen LogP contribution in [0.5, 0.6) is 0 Å². The minimum Gasteiger partial charge on any atom is -0.444 e. The Hall–Kier alpha value is -2.38. The molecule has 1 aliphatic carbocycles. The van der Waals surface area contributed by atoms with Crippen molar-refractivity contribution in [3.8, 4) is 0 Å². The average Bonchev–Trinajstić information content (AvgIpc) is 2.48. The Bertz CT molecular complexity index is 574. The molecule has 0 bridgehead atoms. The second-order valence-electron chi connectivity index (χ2n) is 6.99. The van der Waals surface area contributed by atoms with Crippen molar-refractivity contribution in [3.05, 3.63) is 18.1 Å². The molecule has 0 aromatic carbocycles. The molecule has 1 heterocycles. The van der Waals surface area contributed by atoms with Crippen molar-refractivity contribution in [2.24, 2.45) is 5.73 Å². The van der Waals surface area contributed by atoms with E-state index < -0.39 is 11.5 Å². The number of hydrogen-bond donors (Lipinski definition) is 3. The summed E-state index contributed by atoms with van der Waals surface area (Å²) in [6, 6.07) is 0.386. The summed E-state index contributed by atoms with van der Waals surface area (Å²) < 4.78 is 5.27. The first-order valence-electron chi connectivity index (χ1n) is 8.11. The third kappa shape index (κ3) is 5.68. The van der Waals surface area contributed by atoms with Gasteiger partial charge in [-0.2, -0.15) is 0 Å². The van der Waals surface area contributed by atoms with Crippen molar-refractivity contribution in [2.75, 3.05) is 5.32 Å². The first kappa shape index (κ1) is 18.0. The highest BCUT2D eigenvalue weighted by Gasteiger charge is 2.24. The summed E-state index contributed by atoms with van der Waals surface area (Å²) >= 11 is 0. The van der Waals surface area contributed by atoms with Crippen LogP contribution in [0.1, 0.15) is 56.9 Å². The fraction of sp³-hybridized carbons (Fsp3) is 0.625. The van der Waals surface area contributed by atoms with Gasteiger partial charge in [-0.05, 0) is 46.5 Å². The molecule has 0 saturated heterocycles. The standard InChI is InChI=1S/C16H25N5O3/c1-16(2,3)24-15(23)21-11-6-4-10(5-7-11)20-13-9-18-12(8-19-13)14(17)22/h8-11H,4-7H2,1-3H3,(H2,17,22)(H,19,20)(H,21,23). The Morgan fingerprint density at radius 1 is 1.12 bits per heavy atom. The number of ether oxygens (including phenoxy) is 1. The fourth-order valence-corrected chi connectivity index (χ4v) is 2.60. The molecule has 24 heavy (non-hydrogen) atoms. The lowest BCUT2D eigenvalue weighted by atomic mass is 9.91. The lowest BCUT2D eigenvalue weighted by Gasteiger charge is -2.30. The van der Waals surface area contributed by atoms with Gasteiger partial charge in [-0.3, -0.25) is 4.79 Å². The molecule has 0 aliphatic heterocycles. The van der Waals surface area contributed by atoms with Crippen LogP contribution in [0.4, 0.5) is 10.6 Å². The fourth-order valence-electron chi connectivity index (χ4n) is 2.60. The number of nitrogens with two attached hydrogens (primary N) is 1. The molecule has 1 aromatic heterocycles. The number of primary amides is 1. The van der Waals surface area contributed by atoms with Gasteiger partial charge >= 0.3 is 6.09 Å². The van der Waals surface area contributed by atoms with Crippen LogP contribution in [-0.4, -0.2) is 39.7 Å². The lowest BCUT2D eigenvalue weighted by molar-refractivity contribution is 0.0492. The van der Waals surface area contributed by atoms with Gasteiger partial charge in [0.25, 0.3) is 5.91 Å². The quantitative estimate of drug-likeness (QED) is 0.772. The van der Waals surface area contributed by atoms with Gasteiger partial charge in [0.2, 0.25) is 0 Å². The smallest absolute Gasteiger partial charge is 0.407 e. The van der Waals surface area contributed by atoms with Gasteiger partial charge in [-0.1, -0.05) is 0 Å². The summed E-state index contributed by atoms with van der Waals surface area (Å²) in [6.07, 6.45) is 6.03. The molecular formula is C16H25N5O3. The van der Waals surface area contributed by atoms with E-state index in [9.17, 15) is 9.59 Å². The van der Waals surface area contributed by atoms with Crippen LogP contribution in [-0.2, 0) is 4.74 Å². The monoisotopic (exact) mass is 335 g/mol. The van der Waals surface area contributed by atoms with Crippen LogP contribution in [0.15, 0.2) is 12.4 Å². The Morgan fingerprint density at radius 2 is 1.75 bits per heavy atom. The number of hydrogen-bond acceptors (Lipinski definition) is 6. The van der Waals surface area contributed by atoms with E-state index in [0.29, 0.717) is 5.82 Å². The molecule has 1 fully saturated rings. The van der Waals surface area contributed by atoms with Crippen LogP contribution in [0.25, 0.3) is 0 Å². The van der Waals surface area contributed by atoms with Crippen LogP contribution < -0.4 is 16.4 Å². The van der Waals surface area contributed by atoms with E-state index >= 15 is 0 Å². The number of carbonyl (C=O) groups is 2. The number of aromatic nitrogens is 2. The van der Waals surface area contributed by atoms with Crippen molar-refractivity contribution in [3.63, 3.8) is 0 Å². The van der Waals surface area contributed by atoms with Crippen LogP contribution >= 0.6 is 0 Å². The number of anilines is 1. The molecule has 0 unspecified atom stereocenters.